The second-order valence-corrected chi connectivity index (χ2v) is 7.76. The van der Waals surface area contributed by atoms with Crippen LogP contribution in [0.25, 0.3) is 0 Å². The van der Waals surface area contributed by atoms with Gasteiger partial charge < -0.3 is 19.5 Å². The molecule has 0 saturated heterocycles. The number of hydrogen-bond donors (Lipinski definition) is 1. The van der Waals surface area contributed by atoms with E-state index in [1.807, 2.05) is 18.2 Å². The summed E-state index contributed by atoms with van der Waals surface area (Å²) in [7, 11) is 4.61. The van der Waals surface area contributed by atoms with Gasteiger partial charge in [-0.15, -0.1) is 0 Å². The van der Waals surface area contributed by atoms with E-state index in [0.717, 1.165) is 31.7 Å². The number of benzene rings is 3. The molecule has 0 fully saturated rings. The van der Waals surface area contributed by atoms with Gasteiger partial charge in [-0.3, -0.25) is 9.69 Å². The lowest BCUT2D eigenvalue weighted by Gasteiger charge is -2.30. The van der Waals surface area contributed by atoms with Crippen LogP contribution >= 0.6 is 0 Å². The first-order chi connectivity index (χ1) is 15.6. The van der Waals surface area contributed by atoms with Gasteiger partial charge in [0.05, 0.1) is 21.3 Å². The topological polar surface area (TPSA) is 60.0 Å². The van der Waals surface area contributed by atoms with E-state index >= 15 is 0 Å². The Kier molecular flexibility index (Phi) is 6.61. The number of nitrogens with one attached hydrogen (secondary N) is 1. The van der Waals surface area contributed by atoms with Crippen molar-refractivity contribution in [3.05, 3.63) is 82.9 Å². The van der Waals surface area contributed by atoms with Gasteiger partial charge in [0.1, 0.15) is 0 Å². The average molecular weight is 433 g/mol. The fourth-order valence-electron chi connectivity index (χ4n) is 4.17. The number of ether oxygens (including phenoxy) is 3. The molecule has 166 valence electrons. The van der Waals surface area contributed by atoms with E-state index in [2.05, 4.69) is 40.5 Å². The molecular formula is C26H28N2O4. The lowest BCUT2D eigenvalue weighted by atomic mass is 9.97. The van der Waals surface area contributed by atoms with Crippen LogP contribution in [0.2, 0.25) is 0 Å². The maximum absolute atomic E-state index is 13.1. The molecule has 0 atom stereocenters. The van der Waals surface area contributed by atoms with Gasteiger partial charge in [-0.25, -0.2) is 0 Å². The summed E-state index contributed by atoms with van der Waals surface area (Å²) in [6, 6.07) is 19.9. The molecule has 1 aliphatic rings. The standard InChI is InChI=1S/C26H28N2O4/c1-30-23-14-20(15-24(31-2)25(23)32-3)26(29)27-22-11-7-10-19-17-28(13-12-21(19)22)16-18-8-5-4-6-9-18/h4-11,14-15H,12-13,16-17H2,1-3H3,(H,27,29). The zero-order valence-corrected chi connectivity index (χ0v) is 18.7. The summed E-state index contributed by atoms with van der Waals surface area (Å²) < 4.78 is 16.1. The number of anilines is 1. The Morgan fingerprint density at radius 3 is 2.31 bits per heavy atom. The van der Waals surface area contributed by atoms with Crippen LogP contribution in [0, 0.1) is 0 Å². The molecule has 32 heavy (non-hydrogen) atoms. The summed E-state index contributed by atoms with van der Waals surface area (Å²) in [5.74, 6) is 1.14. The lowest BCUT2D eigenvalue weighted by molar-refractivity contribution is 0.102. The SMILES string of the molecule is COc1cc(C(=O)Nc2cccc3c2CCN(Cc2ccccc2)C3)cc(OC)c1OC. The maximum Gasteiger partial charge on any atom is 0.255 e. The smallest absolute Gasteiger partial charge is 0.255 e. The van der Waals surface area contributed by atoms with Gasteiger partial charge in [0, 0.05) is 30.9 Å². The molecule has 6 nitrogen and oxygen atoms in total. The number of methoxy groups -OCH3 is 3. The highest BCUT2D eigenvalue weighted by Crippen LogP contribution is 2.38. The first-order valence-corrected chi connectivity index (χ1v) is 10.6. The van der Waals surface area contributed by atoms with Crippen LogP contribution in [0.5, 0.6) is 17.2 Å². The van der Waals surface area contributed by atoms with Crippen molar-refractivity contribution in [3.63, 3.8) is 0 Å². The summed E-state index contributed by atoms with van der Waals surface area (Å²) in [4.78, 5) is 15.5. The van der Waals surface area contributed by atoms with Gasteiger partial charge in [-0.05, 0) is 41.3 Å². The molecule has 0 bridgehead atoms. The largest absolute Gasteiger partial charge is 0.493 e. The molecule has 0 radical (unpaired) electrons. The van der Waals surface area contributed by atoms with Crippen LogP contribution in [0.3, 0.4) is 0 Å². The summed E-state index contributed by atoms with van der Waals surface area (Å²) in [6.07, 6.45) is 0.883. The van der Waals surface area contributed by atoms with E-state index in [4.69, 9.17) is 14.2 Å². The van der Waals surface area contributed by atoms with Crippen molar-refractivity contribution in [2.75, 3.05) is 33.2 Å². The number of rotatable bonds is 7. The summed E-state index contributed by atoms with van der Waals surface area (Å²) in [5.41, 5.74) is 5.04. The molecule has 0 aliphatic carbocycles. The highest BCUT2D eigenvalue weighted by atomic mass is 16.5. The molecule has 1 amide bonds. The molecule has 1 heterocycles. The highest BCUT2D eigenvalue weighted by molar-refractivity contribution is 6.05. The van der Waals surface area contributed by atoms with Gasteiger partial charge in [-0.2, -0.15) is 0 Å². The molecular weight excluding hydrogens is 404 g/mol. The first kappa shape index (κ1) is 21.7. The molecule has 0 unspecified atom stereocenters. The number of hydrogen-bond acceptors (Lipinski definition) is 5. The van der Waals surface area contributed by atoms with Crippen LogP contribution in [-0.4, -0.2) is 38.7 Å². The van der Waals surface area contributed by atoms with Crippen molar-refractivity contribution in [1.29, 1.82) is 0 Å². The minimum Gasteiger partial charge on any atom is -0.493 e. The number of nitrogens with zero attached hydrogens (tertiary/aromatic N) is 1. The number of amides is 1. The molecule has 3 aromatic carbocycles. The number of carbonyl (C=O) groups excluding carboxylic acids is 1. The number of carbonyl (C=O) groups is 1. The van der Waals surface area contributed by atoms with Crippen LogP contribution in [0.4, 0.5) is 5.69 Å². The lowest BCUT2D eigenvalue weighted by Crippen LogP contribution is -2.30. The quantitative estimate of drug-likeness (QED) is 0.595. The van der Waals surface area contributed by atoms with Gasteiger partial charge in [0.2, 0.25) is 5.75 Å². The zero-order chi connectivity index (χ0) is 22.5. The van der Waals surface area contributed by atoms with Crippen molar-refractivity contribution in [3.8, 4) is 17.2 Å². The average Bonchev–Trinajstić information content (AvgIpc) is 2.83. The Hall–Kier alpha value is -3.51. The van der Waals surface area contributed by atoms with Crippen LogP contribution in [0.1, 0.15) is 27.0 Å². The molecule has 4 rings (SSSR count). The van der Waals surface area contributed by atoms with Crippen LogP contribution < -0.4 is 19.5 Å². The molecule has 0 saturated carbocycles. The van der Waals surface area contributed by atoms with E-state index in [1.54, 1.807) is 12.1 Å². The van der Waals surface area contributed by atoms with Crippen molar-refractivity contribution in [1.82, 2.24) is 4.90 Å². The Labute approximate surface area is 188 Å². The third-order valence-corrected chi connectivity index (χ3v) is 5.77. The van der Waals surface area contributed by atoms with Gasteiger partial charge in [-0.1, -0.05) is 42.5 Å². The van der Waals surface area contributed by atoms with Gasteiger partial charge >= 0.3 is 0 Å². The summed E-state index contributed by atoms with van der Waals surface area (Å²) >= 11 is 0. The molecule has 3 aromatic rings. The Balaban J connectivity index is 1.53. The van der Waals surface area contributed by atoms with Crippen LogP contribution in [-0.2, 0) is 19.5 Å². The van der Waals surface area contributed by atoms with Crippen molar-refractivity contribution < 1.29 is 19.0 Å². The summed E-state index contributed by atoms with van der Waals surface area (Å²) in [6.45, 7) is 2.72. The minimum atomic E-state index is -0.218. The second-order valence-electron chi connectivity index (χ2n) is 7.76. The molecule has 6 heteroatoms. The first-order valence-electron chi connectivity index (χ1n) is 10.6. The van der Waals surface area contributed by atoms with Crippen molar-refractivity contribution >= 4 is 11.6 Å². The van der Waals surface area contributed by atoms with E-state index in [0.29, 0.717) is 22.8 Å². The second kappa shape index (κ2) is 9.75. The fraction of sp³-hybridized carbons (Fsp3) is 0.269. The van der Waals surface area contributed by atoms with Gasteiger partial charge in [0.25, 0.3) is 5.91 Å². The monoisotopic (exact) mass is 432 g/mol. The highest BCUT2D eigenvalue weighted by Gasteiger charge is 2.21. The Morgan fingerprint density at radius 2 is 1.66 bits per heavy atom. The minimum absolute atomic E-state index is 0.218. The third-order valence-electron chi connectivity index (χ3n) is 5.77. The Morgan fingerprint density at radius 1 is 0.938 bits per heavy atom. The fourth-order valence-corrected chi connectivity index (χ4v) is 4.17. The van der Waals surface area contributed by atoms with Crippen molar-refractivity contribution in [2.45, 2.75) is 19.5 Å². The Bertz CT molecular complexity index is 1070. The van der Waals surface area contributed by atoms with E-state index in [9.17, 15) is 4.79 Å². The van der Waals surface area contributed by atoms with Gasteiger partial charge in [0.15, 0.2) is 11.5 Å². The summed E-state index contributed by atoms with van der Waals surface area (Å²) in [5, 5.41) is 3.08. The normalized spacial score (nSPS) is 13.2. The van der Waals surface area contributed by atoms with Crippen LogP contribution in [0.15, 0.2) is 60.7 Å². The molecule has 0 spiro atoms. The van der Waals surface area contributed by atoms with E-state index < -0.39 is 0 Å². The molecule has 1 N–H and O–H groups in total. The maximum atomic E-state index is 13.1. The third kappa shape index (κ3) is 4.55. The van der Waals surface area contributed by atoms with Crippen molar-refractivity contribution in [2.24, 2.45) is 0 Å². The molecule has 0 aromatic heterocycles. The van der Waals surface area contributed by atoms with E-state index in [-0.39, 0.29) is 5.91 Å². The zero-order valence-electron chi connectivity index (χ0n) is 18.7. The predicted octanol–water partition coefficient (Wildman–Crippen LogP) is 4.52. The number of fused-ring (bicyclic) bond motifs is 1. The molecule has 1 aliphatic heterocycles. The predicted molar refractivity (Wildman–Crippen MR) is 125 cm³/mol. The van der Waals surface area contributed by atoms with E-state index in [1.165, 1.54) is 38.0 Å².